The van der Waals surface area contributed by atoms with Crippen LogP contribution < -0.4 is 4.74 Å². The molecular formula is C11H10O4S. The fourth-order valence-corrected chi connectivity index (χ4v) is 1.95. The number of ether oxygens (including phenoxy) is 1. The molecule has 0 fully saturated rings. The second kappa shape index (κ2) is 4.40. The van der Waals surface area contributed by atoms with Crippen molar-refractivity contribution in [2.45, 2.75) is 13.5 Å². The van der Waals surface area contributed by atoms with Crippen molar-refractivity contribution in [3.8, 4) is 5.75 Å². The van der Waals surface area contributed by atoms with Gasteiger partial charge in [-0.1, -0.05) is 0 Å². The quantitative estimate of drug-likeness (QED) is 0.889. The van der Waals surface area contributed by atoms with Crippen molar-refractivity contribution < 1.29 is 19.1 Å². The van der Waals surface area contributed by atoms with Crippen molar-refractivity contribution in [2.24, 2.45) is 0 Å². The number of carboxylic acids is 1. The number of furan rings is 1. The van der Waals surface area contributed by atoms with Crippen LogP contribution in [0.1, 0.15) is 21.2 Å². The minimum atomic E-state index is -0.972. The van der Waals surface area contributed by atoms with E-state index in [0.717, 1.165) is 17.1 Å². The van der Waals surface area contributed by atoms with Crippen LogP contribution in [0.5, 0.6) is 5.75 Å². The first kappa shape index (κ1) is 10.8. The molecule has 0 aliphatic heterocycles. The summed E-state index contributed by atoms with van der Waals surface area (Å²) in [7, 11) is 0. The summed E-state index contributed by atoms with van der Waals surface area (Å²) in [6.07, 6.45) is 0. The standard InChI is InChI=1S/C11H10O4S/c1-7-2-3-8(15-7)6-14-9-4-5-16-10(9)11(12)13/h2-5H,6H2,1H3,(H,12,13). The van der Waals surface area contributed by atoms with E-state index in [9.17, 15) is 4.79 Å². The van der Waals surface area contributed by atoms with Gasteiger partial charge in [-0.15, -0.1) is 11.3 Å². The average molecular weight is 238 g/mol. The summed E-state index contributed by atoms with van der Waals surface area (Å²) in [5, 5.41) is 10.5. The predicted octanol–water partition coefficient (Wildman–Crippen LogP) is 2.93. The second-order valence-electron chi connectivity index (χ2n) is 3.22. The van der Waals surface area contributed by atoms with E-state index in [2.05, 4.69) is 0 Å². The van der Waals surface area contributed by atoms with Gasteiger partial charge in [0.1, 0.15) is 23.9 Å². The van der Waals surface area contributed by atoms with Crippen LogP contribution in [0.2, 0.25) is 0 Å². The van der Waals surface area contributed by atoms with Crippen molar-refractivity contribution in [1.82, 2.24) is 0 Å². The molecule has 2 aromatic heterocycles. The molecule has 0 amide bonds. The van der Waals surface area contributed by atoms with Gasteiger partial charge >= 0.3 is 5.97 Å². The van der Waals surface area contributed by atoms with Gasteiger partial charge in [-0.25, -0.2) is 4.79 Å². The lowest BCUT2D eigenvalue weighted by Gasteiger charge is -2.02. The van der Waals surface area contributed by atoms with Crippen LogP contribution in [0.15, 0.2) is 28.0 Å². The lowest BCUT2D eigenvalue weighted by molar-refractivity contribution is 0.0697. The van der Waals surface area contributed by atoms with Crippen molar-refractivity contribution in [3.05, 3.63) is 40.0 Å². The topological polar surface area (TPSA) is 59.7 Å². The summed E-state index contributed by atoms with van der Waals surface area (Å²) in [6.45, 7) is 2.08. The van der Waals surface area contributed by atoms with Gasteiger partial charge in [0.15, 0.2) is 4.88 Å². The molecule has 2 heterocycles. The molecule has 4 nitrogen and oxygen atoms in total. The minimum absolute atomic E-state index is 0.211. The Hall–Kier alpha value is -1.75. The van der Waals surface area contributed by atoms with Gasteiger partial charge in [-0.2, -0.15) is 0 Å². The lowest BCUT2D eigenvalue weighted by Crippen LogP contribution is -1.99. The van der Waals surface area contributed by atoms with Crippen LogP contribution in [0.4, 0.5) is 0 Å². The molecule has 2 rings (SSSR count). The highest BCUT2D eigenvalue weighted by molar-refractivity contribution is 7.12. The zero-order chi connectivity index (χ0) is 11.5. The first-order valence-corrected chi connectivity index (χ1v) is 5.53. The fraction of sp³-hybridized carbons (Fsp3) is 0.182. The molecule has 0 atom stereocenters. The number of hydrogen-bond donors (Lipinski definition) is 1. The first-order chi connectivity index (χ1) is 7.66. The normalized spacial score (nSPS) is 10.3. The Balaban J connectivity index is 2.04. The van der Waals surface area contributed by atoms with E-state index in [-0.39, 0.29) is 11.5 Å². The lowest BCUT2D eigenvalue weighted by atomic mass is 10.4. The van der Waals surface area contributed by atoms with Gasteiger partial charge in [-0.05, 0) is 30.5 Å². The Morgan fingerprint density at radius 2 is 2.31 bits per heavy atom. The first-order valence-electron chi connectivity index (χ1n) is 4.65. The van der Waals surface area contributed by atoms with Crippen LogP contribution >= 0.6 is 11.3 Å². The summed E-state index contributed by atoms with van der Waals surface area (Å²) in [4.78, 5) is 11.0. The van der Waals surface area contributed by atoms with Crippen molar-refractivity contribution in [2.75, 3.05) is 0 Å². The minimum Gasteiger partial charge on any atom is -0.484 e. The van der Waals surface area contributed by atoms with Crippen LogP contribution in [0.3, 0.4) is 0 Å². The van der Waals surface area contributed by atoms with E-state index in [1.165, 1.54) is 0 Å². The highest BCUT2D eigenvalue weighted by atomic mass is 32.1. The van der Waals surface area contributed by atoms with Gasteiger partial charge < -0.3 is 14.3 Å². The predicted molar refractivity (Wildman–Crippen MR) is 59.1 cm³/mol. The number of rotatable bonds is 4. The Morgan fingerprint density at radius 3 is 2.94 bits per heavy atom. The van der Waals surface area contributed by atoms with E-state index in [1.54, 1.807) is 11.4 Å². The smallest absolute Gasteiger partial charge is 0.349 e. The number of thiophene rings is 1. The fourth-order valence-electron chi connectivity index (χ4n) is 1.28. The highest BCUT2D eigenvalue weighted by Gasteiger charge is 2.13. The molecule has 1 N–H and O–H groups in total. The molecule has 0 radical (unpaired) electrons. The number of carbonyl (C=O) groups is 1. The number of carboxylic acid groups (broad SMARTS) is 1. The van der Waals surface area contributed by atoms with Gasteiger partial charge in [-0.3, -0.25) is 0 Å². The highest BCUT2D eigenvalue weighted by Crippen LogP contribution is 2.25. The number of aromatic carboxylic acids is 1. The SMILES string of the molecule is Cc1ccc(COc2ccsc2C(=O)O)o1. The largest absolute Gasteiger partial charge is 0.484 e. The van der Waals surface area contributed by atoms with Crippen LogP contribution in [-0.4, -0.2) is 11.1 Å². The van der Waals surface area contributed by atoms with Gasteiger partial charge in [0.05, 0.1) is 0 Å². The number of hydrogen-bond acceptors (Lipinski definition) is 4. The van der Waals surface area contributed by atoms with Crippen molar-refractivity contribution in [3.63, 3.8) is 0 Å². The molecule has 2 aromatic rings. The molecule has 84 valence electrons. The Bertz CT molecular complexity index is 498. The maximum atomic E-state index is 10.8. The molecular weight excluding hydrogens is 228 g/mol. The third kappa shape index (κ3) is 2.25. The molecule has 0 unspecified atom stereocenters. The number of aryl methyl sites for hydroxylation is 1. The van der Waals surface area contributed by atoms with Crippen LogP contribution in [0, 0.1) is 6.92 Å². The van der Waals surface area contributed by atoms with Crippen LogP contribution in [-0.2, 0) is 6.61 Å². The molecule has 0 saturated heterocycles. The van der Waals surface area contributed by atoms with Gasteiger partial charge in [0, 0.05) is 0 Å². The Kier molecular flexibility index (Phi) is 2.96. The molecule has 0 aliphatic rings. The molecule has 16 heavy (non-hydrogen) atoms. The molecule has 0 bridgehead atoms. The van der Waals surface area contributed by atoms with E-state index >= 15 is 0 Å². The summed E-state index contributed by atoms with van der Waals surface area (Å²) >= 11 is 1.14. The van der Waals surface area contributed by atoms with E-state index in [1.807, 2.05) is 19.1 Å². The third-order valence-corrected chi connectivity index (χ3v) is 2.87. The Morgan fingerprint density at radius 1 is 1.50 bits per heavy atom. The molecule has 0 aliphatic carbocycles. The zero-order valence-corrected chi connectivity index (χ0v) is 9.41. The maximum Gasteiger partial charge on any atom is 0.349 e. The molecule has 5 heteroatoms. The molecule has 0 saturated carbocycles. The summed E-state index contributed by atoms with van der Waals surface area (Å²) in [5.41, 5.74) is 0. The van der Waals surface area contributed by atoms with Crippen molar-refractivity contribution in [1.29, 1.82) is 0 Å². The van der Waals surface area contributed by atoms with Crippen LogP contribution in [0.25, 0.3) is 0 Å². The van der Waals surface area contributed by atoms with E-state index < -0.39 is 5.97 Å². The zero-order valence-electron chi connectivity index (χ0n) is 8.60. The summed E-state index contributed by atoms with van der Waals surface area (Å²) in [6, 6.07) is 5.29. The monoisotopic (exact) mass is 238 g/mol. The second-order valence-corrected chi connectivity index (χ2v) is 4.14. The van der Waals surface area contributed by atoms with Gasteiger partial charge in [0.2, 0.25) is 0 Å². The summed E-state index contributed by atoms with van der Waals surface area (Å²) in [5.74, 6) is 0.898. The van der Waals surface area contributed by atoms with Gasteiger partial charge in [0.25, 0.3) is 0 Å². The van der Waals surface area contributed by atoms with E-state index in [4.69, 9.17) is 14.3 Å². The molecule has 0 spiro atoms. The maximum absolute atomic E-state index is 10.8. The average Bonchev–Trinajstić information content (AvgIpc) is 2.83. The Labute approximate surface area is 96.1 Å². The van der Waals surface area contributed by atoms with Crippen molar-refractivity contribution >= 4 is 17.3 Å². The summed E-state index contributed by atoms with van der Waals surface area (Å²) < 4.78 is 10.7. The molecule has 0 aromatic carbocycles. The van der Waals surface area contributed by atoms with E-state index in [0.29, 0.717) is 11.5 Å². The third-order valence-electron chi connectivity index (χ3n) is 1.99.